The second-order valence-electron chi connectivity index (χ2n) is 17.2. The van der Waals surface area contributed by atoms with Crippen LogP contribution in [0.5, 0.6) is 0 Å². The van der Waals surface area contributed by atoms with E-state index in [0.717, 1.165) is 0 Å². The van der Waals surface area contributed by atoms with E-state index in [0.29, 0.717) is 5.92 Å². The Kier molecular flexibility index (Phi) is 8.00. The molecule has 0 amide bonds. The lowest BCUT2D eigenvalue weighted by Gasteiger charge is -2.29. The van der Waals surface area contributed by atoms with Crippen LogP contribution in [0, 0.1) is 0 Å². The van der Waals surface area contributed by atoms with E-state index >= 15 is 0 Å². The summed E-state index contributed by atoms with van der Waals surface area (Å²) in [5.74, 6) is 0.684. The summed E-state index contributed by atoms with van der Waals surface area (Å²) in [5.41, 5.74) is 21.0. The molecule has 0 radical (unpaired) electrons. The lowest BCUT2D eigenvalue weighted by Crippen LogP contribution is -2.17. The van der Waals surface area contributed by atoms with Crippen LogP contribution in [0.1, 0.15) is 93.5 Å². The quantitative estimate of drug-likeness (QED) is 0.166. The minimum Gasteiger partial charge on any atom is -0.310 e. The van der Waals surface area contributed by atoms with E-state index in [2.05, 4.69) is 190 Å². The van der Waals surface area contributed by atoms with Crippen molar-refractivity contribution in [1.29, 1.82) is 0 Å². The molecule has 270 valence electrons. The second-order valence-corrected chi connectivity index (χ2v) is 17.2. The van der Waals surface area contributed by atoms with Crippen LogP contribution in [0.2, 0.25) is 0 Å². The van der Waals surface area contributed by atoms with Crippen molar-refractivity contribution in [3.05, 3.63) is 186 Å². The zero-order valence-corrected chi connectivity index (χ0v) is 32.6. The number of nitrogens with zero attached hydrogens (tertiary/aromatic N) is 1. The maximum Gasteiger partial charge on any atom is 0.0465 e. The predicted octanol–water partition coefficient (Wildman–Crippen LogP) is 15.2. The third-order valence-corrected chi connectivity index (χ3v) is 13.3. The zero-order valence-electron chi connectivity index (χ0n) is 32.6. The van der Waals surface area contributed by atoms with E-state index in [1.54, 1.807) is 0 Å². The summed E-state index contributed by atoms with van der Waals surface area (Å²) >= 11 is 0. The van der Waals surface area contributed by atoms with Crippen LogP contribution in [-0.2, 0) is 10.8 Å². The molecule has 10 rings (SSSR count). The fourth-order valence-corrected chi connectivity index (χ4v) is 10.3. The molecule has 0 aromatic heterocycles. The molecule has 3 aliphatic carbocycles. The summed E-state index contributed by atoms with van der Waals surface area (Å²) in [4.78, 5) is 2.46. The maximum atomic E-state index is 2.47. The van der Waals surface area contributed by atoms with Crippen LogP contribution in [-0.4, -0.2) is 0 Å². The van der Waals surface area contributed by atoms with Crippen molar-refractivity contribution in [2.24, 2.45) is 0 Å². The molecule has 1 heteroatoms. The van der Waals surface area contributed by atoms with E-state index in [-0.39, 0.29) is 10.8 Å². The van der Waals surface area contributed by atoms with Crippen LogP contribution >= 0.6 is 0 Å². The fourth-order valence-electron chi connectivity index (χ4n) is 10.3. The van der Waals surface area contributed by atoms with Crippen molar-refractivity contribution in [1.82, 2.24) is 0 Å². The van der Waals surface area contributed by atoms with Crippen LogP contribution in [0.25, 0.3) is 44.5 Å². The standard InChI is InChI=1S/C54H49N/c1-53(2)50-33-26-40(44-19-13-20-47-45-18-11-12-21-49(45)54(3,4)52(44)47)34-48(50)46-32-31-43(35-51(46)53)55(41-27-22-38(23-28-41)36-14-7-5-8-15-36)42-29-24-39(25-30-42)37-16-9-6-10-17-37/h5,7-8,11-15,18-35,37H,6,9-10,16-17H2,1-4H3. The van der Waals surface area contributed by atoms with Gasteiger partial charge in [-0.2, -0.15) is 0 Å². The van der Waals surface area contributed by atoms with Crippen LogP contribution < -0.4 is 4.90 Å². The molecule has 1 fully saturated rings. The highest BCUT2D eigenvalue weighted by molar-refractivity contribution is 5.92. The van der Waals surface area contributed by atoms with Crippen LogP contribution in [0.4, 0.5) is 17.1 Å². The average Bonchev–Trinajstić information content (AvgIpc) is 3.61. The molecule has 3 aliphatic rings. The van der Waals surface area contributed by atoms with Crippen LogP contribution in [0.15, 0.2) is 158 Å². The van der Waals surface area contributed by atoms with E-state index in [1.807, 2.05) is 0 Å². The molecule has 0 aliphatic heterocycles. The minimum absolute atomic E-state index is 0.0645. The summed E-state index contributed by atoms with van der Waals surface area (Å²) in [7, 11) is 0. The normalized spacial score (nSPS) is 16.2. The number of fused-ring (bicyclic) bond motifs is 6. The summed E-state index contributed by atoms with van der Waals surface area (Å²) < 4.78 is 0. The molecule has 0 saturated heterocycles. The first-order valence-electron chi connectivity index (χ1n) is 20.4. The van der Waals surface area contributed by atoms with E-state index < -0.39 is 0 Å². The first-order chi connectivity index (χ1) is 26.8. The molecular formula is C54H49N. The molecule has 0 heterocycles. The second kappa shape index (κ2) is 13.0. The monoisotopic (exact) mass is 711 g/mol. The van der Waals surface area contributed by atoms with Crippen molar-refractivity contribution in [3.8, 4) is 44.5 Å². The highest BCUT2D eigenvalue weighted by Crippen LogP contribution is 2.55. The van der Waals surface area contributed by atoms with Crippen molar-refractivity contribution < 1.29 is 0 Å². The van der Waals surface area contributed by atoms with Gasteiger partial charge in [0, 0.05) is 27.9 Å². The molecule has 0 spiro atoms. The summed E-state index contributed by atoms with van der Waals surface area (Å²) in [6.07, 6.45) is 6.69. The molecule has 0 bridgehead atoms. The smallest absolute Gasteiger partial charge is 0.0465 e. The van der Waals surface area contributed by atoms with Gasteiger partial charge in [0.2, 0.25) is 0 Å². The van der Waals surface area contributed by atoms with Gasteiger partial charge in [0.05, 0.1) is 0 Å². The number of hydrogen-bond donors (Lipinski definition) is 0. The first-order valence-corrected chi connectivity index (χ1v) is 20.4. The molecule has 55 heavy (non-hydrogen) atoms. The Morgan fingerprint density at radius 2 is 0.982 bits per heavy atom. The summed E-state index contributed by atoms with van der Waals surface area (Å²) in [6, 6.07) is 59.6. The zero-order chi connectivity index (χ0) is 37.3. The molecule has 1 saturated carbocycles. The molecule has 1 nitrogen and oxygen atoms in total. The Morgan fingerprint density at radius 3 is 1.75 bits per heavy atom. The molecule has 7 aromatic carbocycles. The third-order valence-electron chi connectivity index (χ3n) is 13.3. The predicted molar refractivity (Wildman–Crippen MR) is 233 cm³/mol. The van der Waals surface area contributed by atoms with Crippen molar-refractivity contribution >= 4 is 17.1 Å². The molecule has 0 N–H and O–H groups in total. The third kappa shape index (κ3) is 5.50. The van der Waals surface area contributed by atoms with Gasteiger partial charge in [0.25, 0.3) is 0 Å². The van der Waals surface area contributed by atoms with Gasteiger partial charge in [-0.3, -0.25) is 0 Å². The fraction of sp³-hybridized carbons (Fsp3) is 0.222. The topological polar surface area (TPSA) is 3.24 Å². The number of anilines is 3. The molecule has 0 atom stereocenters. The highest BCUT2D eigenvalue weighted by atomic mass is 15.1. The minimum atomic E-state index is -0.138. The van der Waals surface area contributed by atoms with E-state index in [4.69, 9.17) is 0 Å². The molecule has 0 unspecified atom stereocenters. The number of benzene rings is 7. The Balaban J connectivity index is 1.06. The van der Waals surface area contributed by atoms with E-state index in [1.165, 1.54) is 121 Å². The highest BCUT2D eigenvalue weighted by Gasteiger charge is 2.39. The Bertz CT molecular complexity index is 2550. The SMILES string of the molecule is CC1(C)c2ccc(-c3cccc4c3C(C)(C)c3ccccc3-4)cc2-c2ccc(N(c3ccc(-c4ccccc4)cc3)c3ccc(C4CCCCC4)cc3)cc21. The largest absolute Gasteiger partial charge is 0.310 e. The van der Waals surface area contributed by atoms with Crippen molar-refractivity contribution in [2.75, 3.05) is 4.90 Å². The lowest BCUT2D eigenvalue weighted by atomic mass is 9.78. The van der Waals surface area contributed by atoms with Gasteiger partial charge in [-0.1, -0.05) is 162 Å². The van der Waals surface area contributed by atoms with Gasteiger partial charge in [0.15, 0.2) is 0 Å². The van der Waals surface area contributed by atoms with Gasteiger partial charge in [-0.05, 0) is 134 Å². The van der Waals surface area contributed by atoms with E-state index in [9.17, 15) is 0 Å². The lowest BCUT2D eigenvalue weighted by molar-refractivity contribution is 0.443. The number of hydrogen-bond acceptors (Lipinski definition) is 1. The summed E-state index contributed by atoms with van der Waals surface area (Å²) in [6.45, 7) is 9.58. The van der Waals surface area contributed by atoms with Gasteiger partial charge in [0.1, 0.15) is 0 Å². The van der Waals surface area contributed by atoms with Crippen molar-refractivity contribution in [2.45, 2.75) is 76.5 Å². The first kappa shape index (κ1) is 33.9. The summed E-state index contributed by atoms with van der Waals surface area (Å²) in [5, 5.41) is 0. The number of rotatable bonds is 6. The molecular weight excluding hydrogens is 663 g/mol. The molecule has 7 aromatic rings. The van der Waals surface area contributed by atoms with Gasteiger partial charge in [-0.25, -0.2) is 0 Å². The van der Waals surface area contributed by atoms with Crippen molar-refractivity contribution in [3.63, 3.8) is 0 Å². The van der Waals surface area contributed by atoms with Gasteiger partial charge >= 0.3 is 0 Å². The average molecular weight is 712 g/mol. The van der Waals surface area contributed by atoms with Gasteiger partial charge in [-0.15, -0.1) is 0 Å². The van der Waals surface area contributed by atoms with Gasteiger partial charge < -0.3 is 4.90 Å². The Hall–Kier alpha value is -5.66. The Labute approximate surface area is 327 Å². The maximum absolute atomic E-state index is 2.47. The Morgan fingerprint density at radius 1 is 0.400 bits per heavy atom. The van der Waals surface area contributed by atoms with Crippen LogP contribution in [0.3, 0.4) is 0 Å².